The lowest BCUT2D eigenvalue weighted by molar-refractivity contribution is -0.384. The van der Waals surface area contributed by atoms with Crippen LogP contribution in [0.3, 0.4) is 0 Å². The number of carbonyl (C=O) groups excluding carboxylic acids is 1. The van der Waals surface area contributed by atoms with E-state index >= 15 is 0 Å². The van der Waals surface area contributed by atoms with Gasteiger partial charge in [0.2, 0.25) is 5.91 Å². The number of amides is 1. The Morgan fingerprint density at radius 1 is 1.25 bits per heavy atom. The van der Waals surface area contributed by atoms with Gasteiger partial charge in [0.25, 0.3) is 5.69 Å². The fourth-order valence-electron chi connectivity index (χ4n) is 2.81. The third-order valence-corrected chi connectivity index (χ3v) is 4.04. The fourth-order valence-corrected chi connectivity index (χ4v) is 2.81. The molecule has 0 N–H and O–H groups in total. The Labute approximate surface area is 139 Å². The number of nitrogens with zero attached hydrogens (tertiary/aromatic N) is 3. The smallest absolute Gasteiger partial charge is 0.270 e. The van der Waals surface area contributed by atoms with E-state index in [1.165, 1.54) is 17.1 Å². The number of hydrogen-bond donors (Lipinski definition) is 0. The molecule has 0 fully saturated rings. The lowest BCUT2D eigenvalue weighted by atomic mass is 9.98. The van der Waals surface area contributed by atoms with Crippen LogP contribution in [0.1, 0.15) is 36.9 Å². The van der Waals surface area contributed by atoms with Gasteiger partial charge in [-0.2, -0.15) is 5.10 Å². The highest BCUT2D eigenvalue weighted by Crippen LogP contribution is 2.33. The van der Waals surface area contributed by atoms with Crippen molar-refractivity contribution < 1.29 is 9.72 Å². The van der Waals surface area contributed by atoms with E-state index in [0.717, 1.165) is 5.56 Å². The number of non-ortho nitro benzene ring substituents is 1. The summed E-state index contributed by atoms with van der Waals surface area (Å²) in [7, 11) is 0. The summed E-state index contributed by atoms with van der Waals surface area (Å²) in [5.41, 5.74) is 2.39. The third-order valence-electron chi connectivity index (χ3n) is 4.04. The van der Waals surface area contributed by atoms with E-state index in [4.69, 9.17) is 0 Å². The number of hydrogen-bond acceptors (Lipinski definition) is 4. The molecule has 0 radical (unpaired) electrons. The quantitative estimate of drug-likeness (QED) is 0.636. The van der Waals surface area contributed by atoms with Crippen LogP contribution in [-0.4, -0.2) is 21.6 Å². The lowest BCUT2D eigenvalue weighted by Crippen LogP contribution is -2.26. The lowest BCUT2D eigenvalue weighted by Gasteiger charge is -2.21. The summed E-state index contributed by atoms with van der Waals surface area (Å²) in [6.45, 7) is 1.80. The minimum Gasteiger partial charge on any atom is -0.273 e. The maximum Gasteiger partial charge on any atom is 0.270 e. The van der Waals surface area contributed by atoms with Gasteiger partial charge in [-0.05, 0) is 5.56 Å². The monoisotopic (exact) mass is 323 g/mol. The second-order valence-corrected chi connectivity index (χ2v) is 5.58. The van der Waals surface area contributed by atoms with Crippen LogP contribution < -0.4 is 0 Å². The van der Waals surface area contributed by atoms with Gasteiger partial charge in [-0.3, -0.25) is 14.9 Å². The number of carbonyl (C=O) groups is 1. The molecule has 24 heavy (non-hydrogen) atoms. The summed E-state index contributed by atoms with van der Waals surface area (Å²) in [4.78, 5) is 22.8. The predicted octanol–water partition coefficient (Wildman–Crippen LogP) is 3.68. The van der Waals surface area contributed by atoms with Gasteiger partial charge >= 0.3 is 0 Å². The standard InChI is InChI=1S/C18H17N3O3/c1-2-18(22)20-17(13-7-4-3-5-8-13)12-16(19-20)14-9-6-10-15(11-14)21(23)24/h3-11,17H,2,12H2,1H3/t17-/m1/s1. The van der Waals surface area contributed by atoms with Crippen molar-refractivity contribution >= 4 is 17.3 Å². The Kier molecular flexibility index (Phi) is 4.37. The van der Waals surface area contributed by atoms with E-state index in [1.54, 1.807) is 19.1 Å². The molecule has 0 aromatic heterocycles. The molecule has 122 valence electrons. The Balaban J connectivity index is 1.97. The summed E-state index contributed by atoms with van der Waals surface area (Å²) in [5.74, 6) is -0.0655. The van der Waals surface area contributed by atoms with Crippen molar-refractivity contribution in [3.8, 4) is 0 Å². The molecule has 3 rings (SSSR count). The summed E-state index contributed by atoms with van der Waals surface area (Å²) < 4.78 is 0. The number of hydrazone groups is 1. The molecule has 2 aromatic carbocycles. The molecule has 6 heteroatoms. The Bertz CT molecular complexity index is 802. The Morgan fingerprint density at radius 2 is 2.00 bits per heavy atom. The van der Waals surface area contributed by atoms with Crippen LogP contribution in [0.2, 0.25) is 0 Å². The molecule has 1 aliphatic heterocycles. The zero-order valence-corrected chi connectivity index (χ0v) is 13.3. The molecule has 0 saturated heterocycles. The first kappa shape index (κ1) is 15.9. The molecule has 0 saturated carbocycles. The minimum atomic E-state index is -0.428. The molecule has 0 bridgehead atoms. The molecular formula is C18H17N3O3. The summed E-state index contributed by atoms with van der Waals surface area (Å²) >= 11 is 0. The van der Waals surface area contributed by atoms with Crippen molar-refractivity contribution in [3.05, 3.63) is 75.8 Å². The molecule has 2 aromatic rings. The Hall–Kier alpha value is -3.02. The molecule has 0 unspecified atom stereocenters. The van der Waals surface area contributed by atoms with Gasteiger partial charge in [0.15, 0.2) is 0 Å². The average molecular weight is 323 g/mol. The van der Waals surface area contributed by atoms with Crippen LogP contribution in [0.15, 0.2) is 59.7 Å². The van der Waals surface area contributed by atoms with Gasteiger partial charge in [-0.15, -0.1) is 0 Å². The van der Waals surface area contributed by atoms with Crippen LogP contribution in [0.25, 0.3) is 0 Å². The maximum atomic E-state index is 12.3. The Morgan fingerprint density at radius 3 is 2.67 bits per heavy atom. The van der Waals surface area contributed by atoms with Gasteiger partial charge in [0, 0.05) is 30.5 Å². The summed E-state index contributed by atoms with van der Waals surface area (Å²) in [6.07, 6.45) is 0.895. The van der Waals surface area contributed by atoms with Crippen molar-refractivity contribution in [1.29, 1.82) is 0 Å². The van der Waals surface area contributed by atoms with E-state index in [0.29, 0.717) is 24.1 Å². The molecule has 0 spiro atoms. The number of benzene rings is 2. The van der Waals surface area contributed by atoms with Crippen LogP contribution in [0.5, 0.6) is 0 Å². The second-order valence-electron chi connectivity index (χ2n) is 5.58. The minimum absolute atomic E-state index is 0.0201. The SMILES string of the molecule is CCC(=O)N1N=C(c2cccc([N+](=O)[O-])c2)C[C@@H]1c1ccccc1. The molecule has 1 aliphatic rings. The highest BCUT2D eigenvalue weighted by Gasteiger charge is 2.32. The van der Waals surface area contributed by atoms with Crippen LogP contribution in [0.4, 0.5) is 5.69 Å². The van der Waals surface area contributed by atoms with Crippen molar-refractivity contribution in [2.75, 3.05) is 0 Å². The fraction of sp³-hybridized carbons (Fsp3) is 0.222. The zero-order chi connectivity index (χ0) is 17.1. The van der Waals surface area contributed by atoms with Crippen LogP contribution in [-0.2, 0) is 4.79 Å². The van der Waals surface area contributed by atoms with Crippen molar-refractivity contribution in [2.45, 2.75) is 25.8 Å². The molecule has 1 atom stereocenters. The van der Waals surface area contributed by atoms with Gasteiger partial charge in [-0.1, -0.05) is 49.4 Å². The number of nitro groups is 1. The first-order valence-corrected chi connectivity index (χ1v) is 7.79. The van der Waals surface area contributed by atoms with Crippen LogP contribution in [0, 0.1) is 10.1 Å². The first-order chi connectivity index (χ1) is 11.6. The second kappa shape index (κ2) is 6.62. The van der Waals surface area contributed by atoms with Gasteiger partial charge in [0.05, 0.1) is 16.7 Å². The maximum absolute atomic E-state index is 12.3. The van der Waals surface area contributed by atoms with Crippen molar-refractivity contribution in [3.63, 3.8) is 0 Å². The van der Waals surface area contributed by atoms with Gasteiger partial charge < -0.3 is 0 Å². The molecule has 6 nitrogen and oxygen atoms in total. The molecule has 1 amide bonds. The number of nitro benzene ring substituents is 1. The van der Waals surface area contributed by atoms with Crippen LogP contribution >= 0.6 is 0 Å². The van der Waals surface area contributed by atoms with E-state index in [9.17, 15) is 14.9 Å². The van der Waals surface area contributed by atoms with E-state index in [-0.39, 0.29) is 17.6 Å². The molecule has 1 heterocycles. The van der Waals surface area contributed by atoms with Crippen molar-refractivity contribution in [1.82, 2.24) is 5.01 Å². The molecular weight excluding hydrogens is 306 g/mol. The summed E-state index contributed by atoms with van der Waals surface area (Å²) in [5, 5.41) is 16.9. The highest BCUT2D eigenvalue weighted by atomic mass is 16.6. The predicted molar refractivity (Wildman–Crippen MR) is 90.6 cm³/mol. The van der Waals surface area contributed by atoms with E-state index in [1.807, 2.05) is 30.3 Å². The first-order valence-electron chi connectivity index (χ1n) is 7.79. The van der Waals surface area contributed by atoms with E-state index in [2.05, 4.69) is 5.10 Å². The average Bonchev–Trinajstić information content (AvgIpc) is 3.07. The third kappa shape index (κ3) is 3.03. The highest BCUT2D eigenvalue weighted by molar-refractivity contribution is 6.03. The topological polar surface area (TPSA) is 75.8 Å². The zero-order valence-electron chi connectivity index (χ0n) is 13.3. The van der Waals surface area contributed by atoms with Crippen molar-refractivity contribution in [2.24, 2.45) is 5.10 Å². The number of rotatable bonds is 4. The van der Waals surface area contributed by atoms with Gasteiger partial charge in [-0.25, -0.2) is 5.01 Å². The largest absolute Gasteiger partial charge is 0.273 e. The summed E-state index contributed by atoms with van der Waals surface area (Å²) in [6, 6.07) is 15.9. The van der Waals surface area contributed by atoms with Gasteiger partial charge in [0.1, 0.15) is 0 Å². The normalized spacial score (nSPS) is 16.8. The molecule has 0 aliphatic carbocycles. The van der Waals surface area contributed by atoms with E-state index < -0.39 is 4.92 Å².